The summed E-state index contributed by atoms with van der Waals surface area (Å²) in [5, 5.41) is 18.8. The zero-order chi connectivity index (χ0) is 35.8. The molecule has 12 heteroatoms. The van der Waals surface area contributed by atoms with Crippen molar-refractivity contribution in [1.82, 2.24) is 16.0 Å². The molecule has 0 radical (unpaired) electrons. The summed E-state index contributed by atoms with van der Waals surface area (Å²) in [5.41, 5.74) is 2.99. The molecule has 0 unspecified atom stereocenters. The first kappa shape index (κ1) is 39.6. The second-order valence-electron chi connectivity index (χ2n) is 12.3. The predicted molar refractivity (Wildman–Crippen MR) is 186 cm³/mol. The molecule has 49 heavy (non-hydrogen) atoms. The zero-order valence-electron chi connectivity index (χ0n) is 28.5. The molecule has 3 atom stereocenters. The Labute approximate surface area is 288 Å². The summed E-state index contributed by atoms with van der Waals surface area (Å²) in [5.74, 6) is -3.24. The van der Waals surface area contributed by atoms with E-state index in [-0.39, 0.29) is 25.1 Å². The number of halogens is 2. The Bertz CT molecular complexity index is 1570. The molecule has 0 aliphatic heterocycles. The third kappa shape index (κ3) is 13.5. The van der Waals surface area contributed by atoms with Crippen LogP contribution in [0, 0.1) is 11.6 Å². The van der Waals surface area contributed by atoms with Gasteiger partial charge >= 0.3 is 6.09 Å². The number of carbonyl (C=O) groups excluding carboxylic acids is 2. The molecule has 0 saturated heterocycles. The van der Waals surface area contributed by atoms with Gasteiger partial charge in [0.15, 0.2) is 9.84 Å². The first-order chi connectivity index (χ1) is 23.4. The van der Waals surface area contributed by atoms with Gasteiger partial charge in [-0.15, -0.1) is 0 Å². The Morgan fingerprint density at radius 2 is 1.45 bits per heavy atom. The van der Waals surface area contributed by atoms with Gasteiger partial charge in [-0.1, -0.05) is 88.2 Å². The zero-order valence-corrected chi connectivity index (χ0v) is 29.3. The lowest BCUT2D eigenvalue weighted by Crippen LogP contribution is -2.57. The molecule has 3 rings (SSSR count). The van der Waals surface area contributed by atoms with E-state index < -0.39 is 62.7 Å². The van der Waals surface area contributed by atoms with E-state index in [1.807, 2.05) is 45.0 Å². The Kier molecular flexibility index (Phi) is 16.1. The van der Waals surface area contributed by atoms with Crippen LogP contribution in [0.15, 0.2) is 72.8 Å². The topological polar surface area (TPSA) is 134 Å². The number of carbonyl (C=O) groups is 2. The van der Waals surface area contributed by atoms with Crippen LogP contribution in [-0.2, 0) is 45.4 Å². The van der Waals surface area contributed by atoms with Crippen molar-refractivity contribution >= 4 is 21.8 Å². The van der Waals surface area contributed by atoms with Gasteiger partial charge in [0, 0.05) is 19.2 Å². The predicted octanol–water partition coefficient (Wildman–Crippen LogP) is 5.38. The number of hydrogen-bond acceptors (Lipinski definition) is 7. The highest BCUT2D eigenvalue weighted by molar-refractivity contribution is 7.92. The molecular formula is C37H49F2N3O6S. The molecular weight excluding hydrogens is 652 g/mol. The van der Waals surface area contributed by atoms with E-state index in [0.29, 0.717) is 43.9 Å². The lowest BCUT2D eigenvalue weighted by molar-refractivity contribution is -0.124. The number of sulfone groups is 1. The second-order valence-corrected chi connectivity index (χ2v) is 14.6. The molecule has 0 heterocycles. The minimum Gasteiger partial charge on any atom is -0.445 e. The maximum absolute atomic E-state index is 14.1. The van der Waals surface area contributed by atoms with Gasteiger partial charge in [-0.3, -0.25) is 4.79 Å². The maximum Gasteiger partial charge on any atom is 0.408 e. The second kappa shape index (κ2) is 20.0. The number of alkyl carbamates (subject to hydrolysis) is 1. The highest BCUT2D eigenvalue weighted by Crippen LogP contribution is 2.18. The molecule has 3 aromatic carbocycles. The van der Waals surface area contributed by atoms with Crippen LogP contribution in [0.3, 0.4) is 0 Å². The van der Waals surface area contributed by atoms with E-state index in [1.165, 1.54) is 0 Å². The van der Waals surface area contributed by atoms with Gasteiger partial charge in [0.25, 0.3) is 0 Å². The van der Waals surface area contributed by atoms with Crippen LogP contribution < -0.4 is 16.0 Å². The average Bonchev–Trinajstić information content (AvgIpc) is 3.06. The summed E-state index contributed by atoms with van der Waals surface area (Å²) in [7, 11) is -3.89. The van der Waals surface area contributed by atoms with Crippen LogP contribution in [0.25, 0.3) is 0 Å². The van der Waals surface area contributed by atoms with Crippen molar-refractivity contribution < 1.29 is 36.6 Å². The van der Waals surface area contributed by atoms with E-state index in [2.05, 4.69) is 16.0 Å². The van der Waals surface area contributed by atoms with Crippen molar-refractivity contribution in [2.24, 2.45) is 0 Å². The smallest absolute Gasteiger partial charge is 0.408 e. The van der Waals surface area contributed by atoms with Crippen LogP contribution in [0.2, 0.25) is 0 Å². The van der Waals surface area contributed by atoms with Crippen LogP contribution >= 0.6 is 0 Å². The van der Waals surface area contributed by atoms with Crippen LogP contribution in [0.1, 0.15) is 68.7 Å². The molecule has 3 aromatic rings. The van der Waals surface area contributed by atoms with Gasteiger partial charge in [0.1, 0.15) is 24.3 Å². The SMILES string of the molecule is CCCC(CCC)S(=O)(=O)C[C@H](NC(=O)OCc1ccccc1)C(=O)N[C@H](Cc1cc(F)cc(F)c1)[C@H](O)CNCc1cccc(CC)c1. The van der Waals surface area contributed by atoms with E-state index in [1.54, 1.807) is 30.3 Å². The van der Waals surface area contributed by atoms with E-state index in [9.17, 15) is 31.9 Å². The summed E-state index contributed by atoms with van der Waals surface area (Å²) in [4.78, 5) is 26.7. The minimum atomic E-state index is -3.89. The lowest BCUT2D eigenvalue weighted by atomic mass is 10.00. The van der Waals surface area contributed by atoms with Crippen molar-refractivity contribution in [3.63, 3.8) is 0 Å². The number of aliphatic hydroxyl groups excluding tert-OH is 1. The Balaban J connectivity index is 1.84. The fourth-order valence-electron chi connectivity index (χ4n) is 5.62. The van der Waals surface area contributed by atoms with Crippen LogP contribution in [0.5, 0.6) is 0 Å². The van der Waals surface area contributed by atoms with E-state index >= 15 is 0 Å². The third-order valence-electron chi connectivity index (χ3n) is 8.20. The number of rotatable bonds is 20. The summed E-state index contributed by atoms with van der Waals surface area (Å²) >= 11 is 0. The molecule has 9 nitrogen and oxygen atoms in total. The number of nitrogens with one attached hydrogen (secondary N) is 3. The average molecular weight is 702 g/mol. The molecule has 0 fully saturated rings. The molecule has 0 aliphatic rings. The van der Waals surface area contributed by atoms with Crippen molar-refractivity contribution in [2.75, 3.05) is 12.3 Å². The number of aliphatic hydroxyl groups is 1. The van der Waals surface area contributed by atoms with Gasteiger partial charge in [-0.2, -0.15) is 0 Å². The standard InChI is InChI=1S/C37H49F2N3O6S/c1-4-11-32(12-5-2)49(46,47)25-34(42-37(45)48-24-27-13-8-7-9-14-27)36(44)41-33(20-29-18-30(38)21-31(39)19-29)35(43)23-40-22-28-16-10-15-26(6-3)17-28/h7-10,13-19,21,32-35,40,43H,4-6,11-12,20,22-25H2,1-3H3,(H,41,44)(H,42,45)/t33-,34+,35-/m1/s1. The van der Waals surface area contributed by atoms with Crippen LogP contribution in [0.4, 0.5) is 13.6 Å². The summed E-state index contributed by atoms with van der Waals surface area (Å²) in [6.45, 7) is 6.08. The largest absolute Gasteiger partial charge is 0.445 e. The Morgan fingerprint density at radius 1 is 0.816 bits per heavy atom. The molecule has 0 bridgehead atoms. The van der Waals surface area contributed by atoms with Crippen molar-refractivity contribution in [2.45, 2.75) is 95.9 Å². The summed E-state index contributed by atoms with van der Waals surface area (Å²) < 4.78 is 60.7. The number of amides is 2. The maximum atomic E-state index is 14.1. The molecule has 2 amide bonds. The quantitative estimate of drug-likeness (QED) is 0.124. The number of hydrogen-bond donors (Lipinski definition) is 4. The fourth-order valence-corrected chi connectivity index (χ4v) is 7.78. The molecule has 0 aliphatic carbocycles. The van der Waals surface area contributed by atoms with Crippen molar-refractivity contribution in [3.05, 3.63) is 107 Å². The lowest BCUT2D eigenvalue weighted by Gasteiger charge is -2.28. The van der Waals surface area contributed by atoms with Gasteiger partial charge in [0.05, 0.1) is 23.1 Å². The molecule has 4 N–H and O–H groups in total. The number of aryl methyl sites for hydroxylation is 1. The fraction of sp³-hybridized carbons (Fsp3) is 0.459. The van der Waals surface area contributed by atoms with Crippen molar-refractivity contribution in [3.8, 4) is 0 Å². The van der Waals surface area contributed by atoms with Gasteiger partial charge < -0.3 is 25.8 Å². The van der Waals surface area contributed by atoms with Crippen molar-refractivity contribution in [1.29, 1.82) is 0 Å². The normalized spacial score (nSPS) is 13.4. The highest BCUT2D eigenvalue weighted by Gasteiger charge is 2.34. The van der Waals surface area contributed by atoms with Gasteiger partial charge in [0.2, 0.25) is 5.91 Å². The summed E-state index contributed by atoms with van der Waals surface area (Å²) in [6.07, 6.45) is 0.424. The minimum absolute atomic E-state index is 0.0102. The Morgan fingerprint density at radius 3 is 2.08 bits per heavy atom. The summed E-state index contributed by atoms with van der Waals surface area (Å²) in [6, 6.07) is 17.0. The molecule has 0 saturated carbocycles. The van der Waals surface area contributed by atoms with Gasteiger partial charge in [-0.25, -0.2) is 22.0 Å². The molecule has 0 aromatic heterocycles. The van der Waals surface area contributed by atoms with Crippen LogP contribution in [-0.4, -0.2) is 61.3 Å². The van der Waals surface area contributed by atoms with E-state index in [4.69, 9.17) is 4.74 Å². The third-order valence-corrected chi connectivity index (χ3v) is 10.5. The first-order valence-electron chi connectivity index (χ1n) is 16.8. The number of ether oxygens (including phenoxy) is 1. The van der Waals surface area contributed by atoms with Gasteiger partial charge in [-0.05, 0) is 60.1 Å². The molecule has 268 valence electrons. The Hall–Kier alpha value is -3.87. The van der Waals surface area contributed by atoms with E-state index in [0.717, 1.165) is 29.7 Å². The first-order valence-corrected chi connectivity index (χ1v) is 18.6. The molecule has 0 spiro atoms. The number of benzene rings is 3. The monoisotopic (exact) mass is 701 g/mol. The highest BCUT2D eigenvalue weighted by atomic mass is 32.2.